The second-order valence-electron chi connectivity index (χ2n) is 14.0. The molecule has 0 spiro atoms. The first-order chi connectivity index (χ1) is 25.5. The number of halogens is 5. The molecule has 0 heterocycles. The van der Waals surface area contributed by atoms with Crippen LogP contribution in [0.1, 0.15) is 80.0 Å². The van der Waals surface area contributed by atoms with Crippen molar-refractivity contribution in [3.05, 3.63) is 167 Å². The first-order valence-corrected chi connectivity index (χ1v) is 18.3. The average molecular weight is 717 g/mol. The maximum Gasteiger partial charge on any atom is 0.142 e. The highest BCUT2D eigenvalue weighted by molar-refractivity contribution is 5.72. The second-order valence-corrected chi connectivity index (χ2v) is 14.0. The van der Waals surface area contributed by atoms with Crippen LogP contribution in [0.25, 0.3) is 33.4 Å². The summed E-state index contributed by atoms with van der Waals surface area (Å²) in [6.07, 6.45) is 16.5. The van der Waals surface area contributed by atoms with Gasteiger partial charge in [0, 0.05) is 5.56 Å². The normalized spacial score (nSPS) is 11.0. The molecule has 5 heteroatoms. The van der Waals surface area contributed by atoms with E-state index in [1.54, 1.807) is 18.2 Å². The second kappa shape index (κ2) is 18.5. The molecular weight excluding hydrogens is 672 g/mol. The lowest BCUT2D eigenvalue weighted by Gasteiger charge is -2.11. The van der Waals surface area contributed by atoms with Crippen molar-refractivity contribution in [3.63, 3.8) is 0 Å². The molecule has 0 aromatic heterocycles. The molecule has 53 heavy (non-hydrogen) atoms. The zero-order valence-corrected chi connectivity index (χ0v) is 30.3. The predicted octanol–water partition coefficient (Wildman–Crippen LogP) is 14.1. The Labute approximate surface area is 311 Å². The number of rotatable bonds is 17. The summed E-state index contributed by atoms with van der Waals surface area (Å²) in [7, 11) is 0. The zero-order chi connectivity index (χ0) is 37.9. The highest BCUT2D eigenvalue weighted by Gasteiger charge is 2.18. The van der Waals surface area contributed by atoms with Crippen LogP contribution >= 0.6 is 0 Å². The number of terminal acetylenes is 1. The molecular formula is C48H45F5. The van der Waals surface area contributed by atoms with Gasteiger partial charge in [-0.3, -0.25) is 0 Å². The third-order valence-corrected chi connectivity index (χ3v) is 9.67. The Hall–Kier alpha value is -5.21. The largest absolute Gasteiger partial charge is 0.206 e. The Morgan fingerprint density at radius 2 is 0.981 bits per heavy atom. The summed E-state index contributed by atoms with van der Waals surface area (Å²) in [5.74, 6) is -2.26. The molecule has 0 nitrogen and oxygen atoms in total. The van der Waals surface area contributed by atoms with Crippen molar-refractivity contribution in [1.82, 2.24) is 0 Å². The number of unbranched alkanes of at least 4 members (excludes halogenated alkanes) is 6. The molecule has 0 radical (unpaired) electrons. The van der Waals surface area contributed by atoms with Gasteiger partial charge in [-0.05, 0) is 109 Å². The fourth-order valence-corrected chi connectivity index (χ4v) is 6.71. The van der Waals surface area contributed by atoms with Crippen LogP contribution in [0.15, 0.2) is 115 Å². The van der Waals surface area contributed by atoms with Gasteiger partial charge < -0.3 is 0 Å². The average Bonchev–Trinajstić information content (AvgIpc) is 3.11. The van der Waals surface area contributed by atoms with Crippen LogP contribution in [0, 0.1) is 48.4 Å². The van der Waals surface area contributed by atoms with Crippen molar-refractivity contribution < 1.29 is 22.0 Å². The topological polar surface area (TPSA) is 0 Å². The molecule has 272 valence electrons. The van der Waals surface area contributed by atoms with Crippen molar-refractivity contribution in [2.75, 3.05) is 0 Å². The lowest BCUT2D eigenvalue weighted by molar-refractivity contribution is 0.574. The number of aryl methyl sites for hydroxylation is 1. The van der Waals surface area contributed by atoms with Gasteiger partial charge in [-0.25, -0.2) is 22.0 Å². The van der Waals surface area contributed by atoms with Gasteiger partial charge in [0.1, 0.15) is 29.1 Å². The number of benzene rings is 5. The quantitative estimate of drug-likeness (QED) is 0.0389. The van der Waals surface area contributed by atoms with Crippen LogP contribution in [0.3, 0.4) is 0 Å². The molecule has 0 aliphatic heterocycles. The van der Waals surface area contributed by atoms with Crippen molar-refractivity contribution in [2.45, 2.75) is 77.6 Å². The van der Waals surface area contributed by atoms with Gasteiger partial charge in [-0.15, -0.1) is 6.42 Å². The molecule has 5 rings (SSSR count). The van der Waals surface area contributed by atoms with Gasteiger partial charge in [0.25, 0.3) is 0 Å². The van der Waals surface area contributed by atoms with Crippen molar-refractivity contribution in [3.8, 4) is 45.7 Å². The Balaban J connectivity index is 0.967. The van der Waals surface area contributed by atoms with E-state index in [2.05, 4.69) is 13.2 Å². The van der Waals surface area contributed by atoms with E-state index >= 15 is 8.78 Å². The number of hydrogen-bond acceptors (Lipinski definition) is 0. The van der Waals surface area contributed by atoms with E-state index in [0.29, 0.717) is 23.1 Å². The molecule has 0 aliphatic rings. The van der Waals surface area contributed by atoms with Crippen LogP contribution in [-0.2, 0) is 12.8 Å². The summed E-state index contributed by atoms with van der Waals surface area (Å²) >= 11 is 0. The fourth-order valence-electron chi connectivity index (χ4n) is 6.71. The van der Waals surface area contributed by atoms with Crippen LogP contribution in [0.2, 0.25) is 0 Å². The van der Waals surface area contributed by atoms with Crippen LogP contribution in [0.5, 0.6) is 0 Å². The van der Waals surface area contributed by atoms with Gasteiger partial charge in [0.2, 0.25) is 0 Å². The van der Waals surface area contributed by atoms with E-state index in [1.807, 2.05) is 61.4 Å². The summed E-state index contributed by atoms with van der Waals surface area (Å²) < 4.78 is 73.2. The Morgan fingerprint density at radius 3 is 1.51 bits per heavy atom. The SMILES string of the molecule is C#Cc1c(F)cc(-c2c(F)cc(-c3ccc(CC(=C)CCCCCCCCCC(=C)Cc4ccc(-c5ccc(C)cc5)c(F)c4)cc3)cc2F)cc1F. The van der Waals surface area contributed by atoms with Crippen LogP contribution in [0.4, 0.5) is 22.0 Å². The third kappa shape index (κ3) is 10.7. The smallest absolute Gasteiger partial charge is 0.142 e. The predicted molar refractivity (Wildman–Crippen MR) is 209 cm³/mol. The molecule has 0 unspecified atom stereocenters. The molecule has 0 aliphatic carbocycles. The molecule has 0 atom stereocenters. The molecule has 0 bridgehead atoms. The van der Waals surface area contributed by atoms with E-state index in [9.17, 15) is 13.2 Å². The minimum atomic E-state index is -1.05. The summed E-state index contributed by atoms with van der Waals surface area (Å²) in [6.45, 7) is 10.5. The Bertz CT molecular complexity index is 2050. The van der Waals surface area contributed by atoms with E-state index < -0.39 is 34.4 Å². The van der Waals surface area contributed by atoms with Gasteiger partial charge in [0.05, 0.1) is 11.1 Å². The van der Waals surface area contributed by atoms with Crippen molar-refractivity contribution >= 4 is 0 Å². The number of hydrogen-bond donors (Lipinski definition) is 0. The van der Waals surface area contributed by atoms with Crippen molar-refractivity contribution in [2.24, 2.45) is 0 Å². The minimum absolute atomic E-state index is 0.193. The molecule has 5 aromatic rings. The molecule has 0 saturated carbocycles. The summed E-state index contributed by atoms with van der Waals surface area (Å²) in [5.41, 5.74) is 6.54. The maximum absolute atomic E-state index is 15.0. The Kier molecular flexibility index (Phi) is 13.6. The van der Waals surface area contributed by atoms with E-state index in [0.717, 1.165) is 103 Å². The molecule has 0 saturated heterocycles. The molecule has 5 aromatic carbocycles. The summed E-state index contributed by atoms with van der Waals surface area (Å²) in [4.78, 5) is 0. The monoisotopic (exact) mass is 716 g/mol. The van der Waals surface area contributed by atoms with Crippen molar-refractivity contribution in [1.29, 1.82) is 0 Å². The lowest BCUT2D eigenvalue weighted by atomic mass is 9.96. The molecule has 0 amide bonds. The zero-order valence-electron chi connectivity index (χ0n) is 30.3. The highest BCUT2D eigenvalue weighted by Crippen LogP contribution is 2.33. The number of allylic oxidation sites excluding steroid dienone is 2. The van der Waals surface area contributed by atoms with Gasteiger partial charge in [0.15, 0.2) is 0 Å². The minimum Gasteiger partial charge on any atom is -0.206 e. The first-order valence-electron chi connectivity index (χ1n) is 18.3. The first kappa shape index (κ1) is 39.0. The summed E-state index contributed by atoms with van der Waals surface area (Å²) in [5, 5.41) is 0. The van der Waals surface area contributed by atoms with Gasteiger partial charge in [-0.1, -0.05) is 129 Å². The Morgan fingerprint density at radius 1 is 0.509 bits per heavy atom. The third-order valence-electron chi connectivity index (χ3n) is 9.67. The van der Waals surface area contributed by atoms with E-state index in [4.69, 9.17) is 6.42 Å². The van der Waals surface area contributed by atoms with Gasteiger partial charge in [-0.2, -0.15) is 0 Å². The standard InChI is InChI=1S/C48H45F5/c1-5-41-44(50)30-40(31-45(41)51)48-46(52)28-39(29-47(48)53)37-22-17-35(18-23-37)25-33(3)13-11-9-7-6-8-10-12-14-34(4)26-36-19-24-42(43(49)27-36)38-20-15-32(2)16-21-38/h1,15-24,27-31H,3-4,6-14,25-26H2,2H3. The lowest BCUT2D eigenvalue weighted by Crippen LogP contribution is -1.97. The highest BCUT2D eigenvalue weighted by atomic mass is 19.1. The van der Waals surface area contributed by atoms with Gasteiger partial charge >= 0.3 is 0 Å². The van der Waals surface area contributed by atoms with E-state index in [-0.39, 0.29) is 11.4 Å². The molecule has 0 N–H and O–H groups in total. The van der Waals surface area contributed by atoms with Crippen LogP contribution in [-0.4, -0.2) is 0 Å². The fraction of sp³-hybridized carbons (Fsp3) is 0.250. The van der Waals surface area contributed by atoms with Crippen LogP contribution < -0.4 is 0 Å². The molecule has 0 fully saturated rings. The maximum atomic E-state index is 15.0. The summed E-state index contributed by atoms with van der Waals surface area (Å²) in [6, 6.07) is 24.8. The van der Waals surface area contributed by atoms with E-state index in [1.165, 1.54) is 19.3 Å².